The van der Waals surface area contributed by atoms with Gasteiger partial charge in [-0.15, -0.1) is 11.3 Å². The van der Waals surface area contributed by atoms with E-state index in [0.29, 0.717) is 5.69 Å². The van der Waals surface area contributed by atoms with Crippen molar-refractivity contribution in [1.29, 1.82) is 0 Å². The standard InChI is InChI=1S/C20H17ClN4OS/c1-2-13-5-7-14(8-6-13)17-11-25-15(12-27-20(25)24-17)10-18(26)23-16-4-3-9-22-19(16)21/h3-9,11-12H,2,10H2,1H3,(H,23,26). The number of hydrogen-bond donors (Lipinski definition) is 1. The molecule has 1 aromatic carbocycles. The van der Waals surface area contributed by atoms with E-state index in [2.05, 4.69) is 46.5 Å². The molecule has 0 unspecified atom stereocenters. The van der Waals surface area contributed by atoms with Crippen LogP contribution in [0, 0.1) is 0 Å². The van der Waals surface area contributed by atoms with Crippen LogP contribution in [0.2, 0.25) is 5.15 Å². The van der Waals surface area contributed by atoms with Gasteiger partial charge in [0.1, 0.15) is 0 Å². The third-order valence-electron chi connectivity index (χ3n) is 4.32. The van der Waals surface area contributed by atoms with Crippen molar-refractivity contribution in [2.45, 2.75) is 19.8 Å². The van der Waals surface area contributed by atoms with Crippen molar-refractivity contribution in [2.75, 3.05) is 5.32 Å². The number of benzene rings is 1. The summed E-state index contributed by atoms with van der Waals surface area (Å²) in [4.78, 5) is 21.9. The molecule has 0 fully saturated rings. The Hall–Kier alpha value is -2.70. The van der Waals surface area contributed by atoms with Crippen LogP contribution in [0.4, 0.5) is 5.69 Å². The zero-order valence-corrected chi connectivity index (χ0v) is 16.2. The number of halogens is 1. The Bertz CT molecular complexity index is 1100. The van der Waals surface area contributed by atoms with Crippen LogP contribution in [0.5, 0.6) is 0 Å². The molecule has 0 aliphatic rings. The summed E-state index contributed by atoms with van der Waals surface area (Å²) in [6.07, 6.45) is 4.81. The van der Waals surface area contributed by atoms with E-state index in [1.165, 1.54) is 16.9 Å². The number of pyridine rings is 1. The second-order valence-corrected chi connectivity index (χ2v) is 7.32. The smallest absolute Gasteiger partial charge is 0.230 e. The zero-order valence-electron chi connectivity index (χ0n) is 14.6. The normalized spacial score (nSPS) is 11.0. The van der Waals surface area contributed by atoms with E-state index in [9.17, 15) is 4.79 Å². The number of nitrogens with zero attached hydrogens (tertiary/aromatic N) is 3. The highest BCUT2D eigenvalue weighted by molar-refractivity contribution is 7.15. The summed E-state index contributed by atoms with van der Waals surface area (Å²) >= 11 is 7.52. The first-order chi connectivity index (χ1) is 13.1. The molecule has 7 heteroatoms. The molecule has 27 heavy (non-hydrogen) atoms. The number of amides is 1. The maximum atomic E-state index is 12.4. The maximum absolute atomic E-state index is 12.4. The van der Waals surface area contributed by atoms with Gasteiger partial charge in [-0.1, -0.05) is 42.8 Å². The van der Waals surface area contributed by atoms with Crippen molar-refractivity contribution >= 4 is 39.5 Å². The molecule has 3 aromatic heterocycles. The van der Waals surface area contributed by atoms with Crippen LogP contribution in [-0.2, 0) is 17.6 Å². The van der Waals surface area contributed by atoms with Gasteiger partial charge in [0, 0.05) is 29.0 Å². The summed E-state index contributed by atoms with van der Waals surface area (Å²) in [6.45, 7) is 2.14. The monoisotopic (exact) mass is 396 g/mol. The second-order valence-electron chi connectivity index (χ2n) is 6.12. The van der Waals surface area contributed by atoms with Crippen LogP contribution in [0.15, 0.2) is 54.2 Å². The second kappa shape index (κ2) is 7.50. The van der Waals surface area contributed by atoms with Crippen molar-refractivity contribution in [3.8, 4) is 11.3 Å². The van der Waals surface area contributed by atoms with Gasteiger partial charge in [-0.2, -0.15) is 0 Å². The molecule has 0 saturated carbocycles. The minimum atomic E-state index is -0.146. The Morgan fingerprint density at radius 2 is 2.07 bits per heavy atom. The van der Waals surface area contributed by atoms with Gasteiger partial charge in [0.25, 0.3) is 0 Å². The summed E-state index contributed by atoms with van der Waals surface area (Å²) in [5.74, 6) is -0.146. The first kappa shape index (κ1) is 17.7. The van der Waals surface area contributed by atoms with E-state index in [-0.39, 0.29) is 17.5 Å². The topological polar surface area (TPSA) is 59.3 Å². The summed E-state index contributed by atoms with van der Waals surface area (Å²) in [6, 6.07) is 11.9. The Morgan fingerprint density at radius 1 is 1.26 bits per heavy atom. The quantitative estimate of drug-likeness (QED) is 0.490. The van der Waals surface area contributed by atoms with E-state index in [1.54, 1.807) is 18.3 Å². The lowest BCUT2D eigenvalue weighted by atomic mass is 10.1. The van der Waals surface area contributed by atoms with E-state index in [1.807, 2.05) is 16.0 Å². The number of carbonyl (C=O) groups is 1. The molecule has 0 atom stereocenters. The van der Waals surface area contributed by atoms with Gasteiger partial charge in [-0.3, -0.25) is 9.20 Å². The molecule has 0 aliphatic heterocycles. The van der Waals surface area contributed by atoms with Gasteiger partial charge in [-0.25, -0.2) is 9.97 Å². The highest BCUT2D eigenvalue weighted by Crippen LogP contribution is 2.25. The predicted molar refractivity (Wildman–Crippen MR) is 109 cm³/mol. The number of anilines is 1. The van der Waals surface area contributed by atoms with E-state index >= 15 is 0 Å². The molecule has 136 valence electrons. The number of rotatable bonds is 5. The Kier molecular flexibility index (Phi) is 4.92. The van der Waals surface area contributed by atoms with E-state index < -0.39 is 0 Å². The van der Waals surface area contributed by atoms with Gasteiger partial charge < -0.3 is 5.32 Å². The van der Waals surface area contributed by atoms with Crippen molar-refractivity contribution in [2.24, 2.45) is 0 Å². The molecule has 0 saturated heterocycles. The minimum absolute atomic E-state index is 0.146. The fourth-order valence-electron chi connectivity index (χ4n) is 2.84. The highest BCUT2D eigenvalue weighted by atomic mass is 35.5. The van der Waals surface area contributed by atoms with Crippen LogP contribution in [0.25, 0.3) is 16.2 Å². The van der Waals surface area contributed by atoms with Crippen molar-refractivity contribution < 1.29 is 4.79 Å². The number of imidazole rings is 1. The molecule has 1 N–H and O–H groups in total. The van der Waals surface area contributed by atoms with Gasteiger partial charge in [0.2, 0.25) is 5.91 Å². The molecule has 0 bridgehead atoms. The molecule has 4 aromatic rings. The summed E-state index contributed by atoms with van der Waals surface area (Å²) < 4.78 is 1.97. The highest BCUT2D eigenvalue weighted by Gasteiger charge is 2.13. The number of carbonyl (C=O) groups excluding carboxylic acids is 1. The molecule has 1 amide bonds. The average molecular weight is 397 g/mol. The Morgan fingerprint density at radius 3 is 2.81 bits per heavy atom. The van der Waals surface area contributed by atoms with Crippen LogP contribution in [0.3, 0.4) is 0 Å². The van der Waals surface area contributed by atoms with Crippen molar-refractivity contribution in [1.82, 2.24) is 14.4 Å². The molecule has 4 rings (SSSR count). The van der Waals surface area contributed by atoms with Gasteiger partial charge in [0.05, 0.1) is 17.8 Å². The SMILES string of the molecule is CCc1ccc(-c2cn3c(CC(=O)Nc4cccnc4Cl)csc3n2)cc1. The predicted octanol–water partition coefficient (Wildman–Crippen LogP) is 4.85. The summed E-state index contributed by atoms with van der Waals surface area (Å²) in [7, 11) is 0. The number of thiazole rings is 1. The Balaban J connectivity index is 1.55. The van der Waals surface area contributed by atoms with Crippen molar-refractivity contribution in [3.63, 3.8) is 0 Å². The largest absolute Gasteiger partial charge is 0.323 e. The van der Waals surface area contributed by atoms with E-state index in [4.69, 9.17) is 11.6 Å². The molecular weight excluding hydrogens is 380 g/mol. The maximum Gasteiger partial charge on any atom is 0.230 e. The van der Waals surface area contributed by atoms with Crippen LogP contribution < -0.4 is 5.32 Å². The molecule has 3 heterocycles. The first-order valence-electron chi connectivity index (χ1n) is 8.59. The van der Waals surface area contributed by atoms with Gasteiger partial charge in [-0.05, 0) is 24.1 Å². The number of aryl methyl sites for hydroxylation is 1. The lowest BCUT2D eigenvalue weighted by Gasteiger charge is -2.05. The molecule has 0 radical (unpaired) electrons. The third kappa shape index (κ3) is 3.72. The molecule has 5 nitrogen and oxygen atoms in total. The van der Waals surface area contributed by atoms with Crippen LogP contribution >= 0.6 is 22.9 Å². The van der Waals surface area contributed by atoms with Gasteiger partial charge >= 0.3 is 0 Å². The molecule has 0 aliphatic carbocycles. The van der Waals surface area contributed by atoms with Gasteiger partial charge in [0.15, 0.2) is 10.1 Å². The first-order valence-corrected chi connectivity index (χ1v) is 9.85. The average Bonchev–Trinajstić information content (AvgIpc) is 3.26. The fraction of sp³-hybridized carbons (Fsp3) is 0.150. The minimum Gasteiger partial charge on any atom is -0.323 e. The summed E-state index contributed by atoms with van der Waals surface area (Å²) in [5, 5.41) is 5.04. The van der Waals surface area contributed by atoms with Crippen LogP contribution in [-0.4, -0.2) is 20.3 Å². The number of fused-ring (bicyclic) bond motifs is 1. The third-order valence-corrected chi connectivity index (χ3v) is 5.51. The number of nitrogens with one attached hydrogen (secondary N) is 1. The lowest BCUT2D eigenvalue weighted by molar-refractivity contribution is -0.115. The zero-order chi connectivity index (χ0) is 18.8. The fourth-order valence-corrected chi connectivity index (χ4v) is 3.88. The van der Waals surface area contributed by atoms with Crippen LogP contribution in [0.1, 0.15) is 18.2 Å². The lowest BCUT2D eigenvalue weighted by Crippen LogP contribution is -2.15. The number of hydrogen-bond acceptors (Lipinski definition) is 4. The van der Waals surface area contributed by atoms with E-state index in [0.717, 1.165) is 28.3 Å². The molecule has 0 spiro atoms. The Labute approximate surface area is 165 Å². The molecular formula is C20H17ClN4OS. The van der Waals surface area contributed by atoms with Crippen molar-refractivity contribution in [3.05, 3.63) is 70.6 Å². The summed E-state index contributed by atoms with van der Waals surface area (Å²) in [5.41, 5.74) is 4.67. The number of aromatic nitrogens is 3.